The molecule has 1 saturated carbocycles. The summed E-state index contributed by atoms with van der Waals surface area (Å²) in [6.07, 6.45) is 5.04. The topological polar surface area (TPSA) is 66.4 Å². The lowest BCUT2D eigenvalue weighted by Crippen LogP contribution is -2.29. The number of rotatable bonds is 8. The highest BCUT2D eigenvalue weighted by Crippen LogP contribution is 2.30. The summed E-state index contributed by atoms with van der Waals surface area (Å²) in [5.41, 5.74) is 1.04. The van der Waals surface area contributed by atoms with Crippen LogP contribution in [0.5, 0.6) is 0 Å². The average Bonchev–Trinajstić information content (AvgIpc) is 3.08. The maximum Gasteiger partial charge on any atom is 0.181 e. The minimum absolute atomic E-state index is 0.0877. The van der Waals surface area contributed by atoms with Crippen LogP contribution in [0.25, 0.3) is 0 Å². The van der Waals surface area contributed by atoms with Gasteiger partial charge in [0.25, 0.3) is 0 Å². The lowest BCUT2D eigenvalue weighted by atomic mass is 10.1. The minimum atomic E-state index is -3.17. The van der Waals surface area contributed by atoms with E-state index in [1.807, 2.05) is 19.1 Å². The zero-order valence-electron chi connectivity index (χ0n) is 14.2. The van der Waals surface area contributed by atoms with Gasteiger partial charge in [-0.25, -0.2) is 8.42 Å². The molecular formula is C18H29NO3S. The summed E-state index contributed by atoms with van der Waals surface area (Å²) < 4.78 is 25.1. The first-order valence-electron chi connectivity index (χ1n) is 8.70. The second-order valence-electron chi connectivity index (χ2n) is 6.59. The molecule has 0 heterocycles. The largest absolute Gasteiger partial charge is 0.392 e. The van der Waals surface area contributed by atoms with Gasteiger partial charge in [-0.1, -0.05) is 38.3 Å². The summed E-state index contributed by atoms with van der Waals surface area (Å²) in [5, 5.41) is 12.9. The second kappa shape index (κ2) is 8.27. The summed E-state index contributed by atoms with van der Waals surface area (Å²) in [6.45, 7) is 4.63. The van der Waals surface area contributed by atoms with E-state index in [1.54, 1.807) is 12.1 Å². The summed E-state index contributed by atoms with van der Waals surface area (Å²) >= 11 is 0. The van der Waals surface area contributed by atoms with Crippen LogP contribution in [0.1, 0.15) is 64.0 Å². The van der Waals surface area contributed by atoms with Crippen LogP contribution in [0, 0.1) is 0 Å². The van der Waals surface area contributed by atoms with Crippen LogP contribution >= 0.6 is 0 Å². The summed E-state index contributed by atoms with van der Waals surface area (Å²) in [4.78, 5) is 0.436. The quantitative estimate of drug-likeness (QED) is 0.763. The highest BCUT2D eigenvalue weighted by atomic mass is 32.2. The van der Waals surface area contributed by atoms with E-state index in [2.05, 4.69) is 12.2 Å². The maximum atomic E-state index is 12.6. The number of hydrogen-bond acceptors (Lipinski definition) is 4. The molecule has 1 aromatic rings. The average molecular weight is 340 g/mol. The summed E-state index contributed by atoms with van der Waals surface area (Å²) in [7, 11) is -3.17. The zero-order valence-corrected chi connectivity index (χ0v) is 15.0. The first-order valence-corrected chi connectivity index (χ1v) is 10.2. The van der Waals surface area contributed by atoms with E-state index >= 15 is 0 Å². The van der Waals surface area contributed by atoms with Gasteiger partial charge in [0.05, 0.1) is 16.2 Å². The van der Waals surface area contributed by atoms with Gasteiger partial charge in [0, 0.05) is 12.6 Å². The standard InChI is InChI=1S/C18H29NO3S/c1-3-6-16(20)13-19-14(2)15-9-11-18(12-10-15)23(21,22)17-7-4-5-8-17/h9-12,14,16-17,19-20H,3-8,13H2,1-2H3. The molecule has 0 spiro atoms. The Kier molecular flexibility index (Phi) is 6.62. The molecule has 1 aromatic carbocycles. The van der Waals surface area contributed by atoms with Gasteiger partial charge in [-0.15, -0.1) is 0 Å². The lowest BCUT2D eigenvalue weighted by molar-refractivity contribution is 0.157. The molecule has 2 unspecified atom stereocenters. The number of benzene rings is 1. The van der Waals surface area contributed by atoms with Crippen LogP contribution in [-0.4, -0.2) is 31.4 Å². The summed E-state index contributed by atoms with van der Waals surface area (Å²) in [5.74, 6) is 0. The Morgan fingerprint density at radius 2 is 1.83 bits per heavy atom. The predicted octanol–water partition coefficient (Wildman–Crippen LogP) is 3.21. The van der Waals surface area contributed by atoms with Gasteiger partial charge in [0.15, 0.2) is 9.84 Å². The molecule has 1 fully saturated rings. The highest BCUT2D eigenvalue weighted by molar-refractivity contribution is 7.92. The Morgan fingerprint density at radius 3 is 2.39 bits per heavy atom. The van der Waals surface area contributed by atoms with E-state index in [0.717, 1.165) is 44.1 Å². The molecule has 2 rings (SSSR count). The predicted molar refractivity (Wildman–Crippen MR) is 93.2 cm³/mol. The van der Waals surface area contributed by atoms with Crippen LogP contribution in [0.2, 0.25) is 0 Å². The molecule has 4 nitrogen and oxygen atoms in total. The number of aliphatic hydroxyl groups excluding tert-OH is 1. The van der Waals surface area contributed by atoms with Crippen molar-refractivity contribution in [2.24, 2.45) is 0 Å². The van der Waals surface area contributed by atoms with Crippen molar-refractivity contribution < 1.29 is 13.5 Å². The van der Waals surface area contributed by atoms with Gasteiger partial charge in [-0.3, -0.25) is 0 Å². The van der Waals surface area contributed by atoms with Gasteiger partial charge in [-0.05, 0) is 43.9 Å². The van der Waals surface area contributed by atoms with Gasteiger partial charge >= 0.3 is 0 Å². The van der Waals surface area contributed by atoms with Crippen LogP contribution < -0.4 is 5.32 Å². The Hall–Kier alpha value is -0.910. The van der Waals surface area contributed by atoms with Crippen molar-refractivity contribution in [2.75, 3.05) is 6.54 Å². The number of aliphatic hydroxyl groups is 1. The Morgan fingerprint density at radius 1 is 1.22 bits per heavy atom. The number of hydrogen-bond donors (Lipinski definition) is 2. The third kappa shape index (κ3) is 4.78. The molecule has 0 aliphatic heterocycles. The normalized spacial score (nSPS) is 18.9. The first kappa shape index (κ1) is 18.4. The third-order valence-corrected chi connectivity index (χ3v) is 7.01. The van der Waals surface area contributed by atoms with E-state index in [4.69, 9.17) is 0 Å². The van der Waals surface area contributed by atoms with Crippen molar-refractivity contribution in [3.63, 3.8) is 0 Å². The first-order chi connectivity index (χ1) is 10.9. The van der Waals surface area contributed by atoms with Gasteiger partial charge < -0.3 is 10.4 Å². The maximum absolute atomic E-state index is 12.6. The summed E-state index contributed by atoms with van der Waals surface area (Å²) in [6, 6.07) is 7.30. The molecule has 2 N–H and O–H groups in total. The molecule has 0 amide bonds. The fourth-order valence-electron chi connectivity index (χ4n) is 3.20. The molecule has 0 radical (unpaired) electrons. The van der Waals surface area contributed by atoms with E-state index in [1.165, 1.54) is 0 Å². The van der Waals surface area contributed by atoms with Crippen molar-refractivity contribution in [3.05, 3.63) is 29.8 Å². The zero-order chi connectivity index (χ0) is 16.9. The lowest BCUT2D eigenvalue weighted by Gasteiger charge is -2.18. The Bertz CT molecular complexity index is 577. The van der Waals surface area contributed by atoms with Gasteiger partial charge in [0.2, 0.25) is 0 Å². The number of nitrogens with one attached hydrogen (secondary N) is 1. The third-order valence-electron chi connectivity index (χ3n) is 4.73. The number of sulfone groups is 1. The van der Waals surface area contributed by atoms with E-state index in [-0.39, 0.29) is 17.4 Å². The second-order valence-corrected chi connectivity index (χ2v) is 8.82. The van der Waals surface area contributed by atoms with Crippen molar-refractivity contribution in [1.29, 1.82) is 0 Å². The monoisotopic (exact) mass is 339 g/mol. The SMILES string of the molecule is CCCC(O)CNC(C)c1ccc(S(=O)(=O)C2CCCC2)cc1. The van der Waals surface area contributed by atoms with E-state index < -0.39 is 9.84 Å². The Labute approximate surface area is 140 Å². The molecule has 130 valence electrons. The van der Waals surface area contributed by atoms with Crippen LogP contribution in [0.15, 0.2) is 29.2 Å². The van der Waals surface area contributed by atoms with Crippen molar-refractivity contribution in [2.45, 2.75) is 74.7 Å². The van der Waals surface area contributed by atoms with Crippen LogP contribution in [0.3, 0.4) is 0 Å². The molecular weight excluding hydrogens is 310 g/mol. The molecule has 1 aliphatic carbocycles. The molecule has 0 bridgehead atoms. The molecule has 2 atom stereocenters. The molecule has 1 aliphatic rings. The highest BCUT2D eigenvalue weighted by Gasteiger charge is 2.30. The van der Waals surface area contributed by atoms with Crippen molar-refractivity contribution in [3.8, 4) is 0 Å². The molecule has 23 heavy (non-hydrogen) atoms. The van der Waals surface area contributed by atoms with Crippen molar-refractivity contribution in [1.82, 2.24) is 5.32 Å². The molecule has 5 heteroatoms. The fourth-order valence-corrected chi connectivity index (χ4v) is 5.06. The smallest absolute Gasteiger partial charge is 0.181 e. The Balaban J connectivity index is 1.98. The molecule has 0 aromatic heterocycles. The minimum Gasteiger partial charge on any atom is -0.392 e. The van der Waals surface area contributed by atoms with E-state index in [9.17, 15) is 13.5 Å². The molecule has 0 saturated heterocycles. The van der Waals surface area contributed by atoms with Crippen LogP contribution in [0.4, 0.5) is 0 Å². The fraction of sp³-hybridized carbons (Fsp3) is 0.667. The van der Waals surface area contributed by atoms with Crippen LogP contribution in [-0.2, 0) is 9.84 Å². The van der Waals surface area contributed by atoms with Crippen molar-refractivity contribution >= 4 is 9.84 Å². The van der Waals surface area contributed by atoms with Gasteiger partial charge in [0.1, 0.15) is 0 Å². The van der Waals surface area contributed by atoms with Gasteiger partial charge in [-0.2, -0.15) is 0 Å². The van der Waals surface area contributed by atoms with E-state index in [0.29, 0.717) is 11.4 Å².